The standard InChI is InChI=1S/C20H30N4O3/c1-13-8-16(23(4)5)9-14(2)18(13)22-19-20(25)24(10-15(3)21-19)17(11-26-6)12-27-7/h8-10,17H,11-12H2,1-7H3,(H,21,22). The van der Waals surface area contributed by atoms with Gasteiger partial charge >= 0.3 is 0 Å². The lowest BCUT2D eigenvalue weighted by Crippen LogP contribution is -2.32. The molecule has 2 aromatic rings. The number of benzene rings is 1. The third-order valence-corrected chi connectivity index (χ3v) is 4.44. The van der Waals surface area contributed by atoms with Gasteiger partial charge in [0.2, 0.25) is 0 Å². The number of ether oxygens (including phenoxy) is 2. The summed E-state index contributed by atoms with van der Waals surface area (Å²) in [7, 11) is 7.24. The summed E-state index contributed by atoms with van der Waals surface area (Å²) in [6.45, 7) is 6.68. The maximum Gasteiger partial charge on any atom is 0.294 e. The lowest BCUT2D eigenvalue weighted by atomic mass is 10.1. The van der Waals surface area contributed by atoms with Crippen LogP contribution < -0.4 is 15.8 Å². The number of methoxy groups -OCH3 is 2. The Labute approximate surface area is 160 Å². The molecule has 148 valence electrons. The van der Waals surface area contributed by atoms with Gasteiger partial charge in [-0.05, 0) is 44.0 Å². The summed E-state index contributed by atoms with van der Waals surface area (Å²) in [5.74, 6) is 0.302. The lowest BCUT2D eigenvalue weighted by molar-refractivity contribution is 0.0878. The van der Waals surface area contributed by atoms with Crippen LogP contribution in [0.2, 0.25) is 0 Å². The van der Waals surface area contributed by atoms with E-state index in [0.29, 0.717) is 19.0 Å². The van der Waals surface area contributed by atoms with Crippen molar-refractivity contribution in [3.8, 4) is 0 Å². The topological polar surface area (TPSA) is 68.6 Å². The highest BCUT2D eigenvalue weighted by atomic mass is 16.5. The molecule has 0 aliphatic carbocycles. The highest BCUT2D eigenvalue weighted by Crippen LogP contribution is 2.28. The van der Waals surface area contributed by atoms with Gasteiger partial charge in [0.05, 0.1) is 24.9 Å². The van der Waals surface area contributed by atoms with Gasteiger partial charge in [-0.1, -0.05) is 0 Å². The van der Waals surface area contributed by atoms with Crippen molar-refractivity contribution in [2.24, 2.45) is 0 Å². The summed E-state index contributed by atoms with van der Waals surface area (Å²) in [6.07, 6.45) is 1.74. The van der Waals surface area contributed by atoms with E-state index in [0.717, 1.165) is 28.2 Å². The molecule has 0 atom stereocenters. The molecule has 0 saturated carbocycles. The van der Waals surface area contributed by atoms with Gasteiger partial charge < -0.3 is 24.3 Å². The van der Waals surface area contributed by atoms with E-state index in [-0.39, 0.29) is 11.6 Å². The first-order chi connectivity index (χ1) is 12.8. The summed E-state index contributed by atoms with van der Waals surface area (Å²) < 4.78 is 12.1. The summed E-state index contributed by atoms with van der Waals surface area (Å²) >= 11 is 0. The fourth-order valence-electron chi connectivity index (χ4n) is 3.10. The second kappa shape index (κ2) is 9.01. The number of anilines is 3. The Balaban J connectivity index is 2.47. The van der Waals surface area contributed by atoms with Gasteiger partial charge in [-0.2, -0.15) is 0 Å². The Morgan fingerprint density at radius 1 is 1.11 bits per heavy atom. The molecule has 0 aliphatic heterocycles. The molecule has 1 heterocycles. The molecule has 0 spiro atoms. The zero-order valence-corrected chi connectivity index (χ0v) is 17.3. The zero-order valence-electron chi connectivity index (χ0n) is 17.3. The van der Waals surface area contributed by atoms with Gasteiger partial charge in [-0.3, -0.25) is 4.79 Å². The van der Waals surface area contributed by atoms with E-state index in [2.05, 4.69) is 27.3 Å². The fourth-order valence-corrected chi connectivity index (χ4v) is 3.10. The molecule has 1 aromatic heterocycles. The van der Waals surface area contributed by atoms with Crippen molar-refractivity contribution < 1.29 is 9.47 Å². The third kappa shape index (κ3) is 4.87. The SMILES string of the molecule is COCC(COC)n1cc(C)nc(Nc2c(C)cc(N(C)C)cc2C)c1=O. The maximum absolute atomic E-state index is 13.0. The summed E-state index contributed by atoms with van der Waals surface area (Å²) in [5.41, 5.74) is 4.67. The molecule has 0 aliphatic rings. The lowest BCUT2D eigenvalue weighted by Gasteiger charge is -2.21. The van der Waals surface area contributed by atoms with Gasteiger partial charge in [0.1, 0.15) is 0 Å². The van der Waals surface area contributed by atoms with Crippen molar-refractivity contribution in [2.45, 2.75) is 26.8 Å². The second-order valence-corrected chi connectivity index (χ2v) is 6.98. The van der Waals surface area contributed by atoms with Crippen LogP contribution in [-0.4, -0.2) is 51.1 Å². The predicted molar refractivity (Wildman–Crippen MR) is 110 cm³/mol. The van der Waals surface area contributed by atoms with Crippen LogP contribution in [0.3, 0.4) is 0 Å². The van der Waals surface area contributed by atoms with Crippen molar-refractivity contribution in [1.82, 2.24) is 9.55 Å². The Hall–Kier alpha value is -2.38. The number of hydrogen-bond donors (Lipinski definition) is 1. The van der Waals surface area contributed by atoms with Gasteiger partial charge in [0.15, 0.2) is 5.82 Å². The molecule has 0 radical (unpaired) electrons. The number of nitrogens with zero attached hydrogens (tertiary/aromatic N) is 3. The van der Waals surface area contributed by atoms with Crippen molar-refractivity contribution in [3.05, 3.63) is 45.5 Å². The zero-order chi connectivity index (χ0) is 20.1. The van der Waals surface area contributed by atoms with Crippen LogP contribution >= 0.6 is 0 Å². The van der Waals surface area contributed by atoms with Crippen LogP contribution in [0, 0.1) is 20.8 Å². The molecule has 0 amide bonds. The van der Waals surface area contributed by atoms with Crippen molar-refractivity contribution in [1.29, 1.82) is 0 Å². The molecule has 2 rings (SSSR count). The molecule has 0 saturated heterocycles. The van der Waals surface area contributed by atoms with E-state index in [9.17, 15) is 4.79 Å². The number of nitrogens with one attached hydrogen (secondary N) is 1. The Morgan fingerprint density at radius 3 is 2.15 bits per heavy atom. The number of aromatic nitrogens is 2. The number of hydrogen-bond acceptors (Lipinski definition) is 6. The number of aryl methyl sites for hydroxylation is 3. The average molecular weight is 374 g/mol. The molecule has 7 heteroatoms. The van der Waals surface area contributed by atoms with Gasteiger partial charge in [-0.15, -0.1) is 0 Å². The average Bonchev–Trinajstić information content (AvgIpc) is 2.60. The van der Waals surface area contributed by atoms with Crippen LogP contribution in [-0.2, 0) is 9.47 Å². The predicted octanol–water partition coefficient (Wildman–Crippen LogP) is 2.81. The van der Waals surface area contributed by atoms with Crippen LogP contribution in [0.15, 0.2) is 23.1 Å². The van der Waals surface area contributed by atoms with Crippen LogP contribution in [0.4, 0.5) is 17.2 Å². The first kappa shape index (κ1) is 20.9. The largest absolute Gasteiger partial charge is 0.382 e. The normalized spacial score (nSPS) is 11.1. The molecular formula is C20H30N4O3. The van der Waals surface area contributed by atoms with Crippen molar-refractivity contribution >= 4 is 17.2 Å². The minimum absolute atomic E-state index is 0.199. The summed E-state index contributed by atoms with van der Waals surface area (Å²) in [4.78, 5) is 19.5. The molecule has 0 bridgehead atoms. The van der Waals surface area contributed by atoms with E-state index in [1.807, 2.05) is 34.9 Å². The van der Waals surface area contributed by atoms with E-state index >= 15 is 0 Å². The first-order valence-electron chi connectivity index (χ1n) is 8.91. The third-order valence-electron chi connectivity index (χ3n) is 4.44. The quantitative estimate of drug-likeness (QED) is 0.766. The van der Waals surface area contributed by atoms with E-state index < -0.39 is 0 Å². The molecule has 1 aromatic carbocycles. The Bertz CT molecular complexity index is 817. The van der Waals surface area contributed by atoms with E-state index in [1.165, 1.54) is 0 Å². The molecule has 27 heavy (non-hydrogen) atoms. The van der Waals surface area contributed by atoms with Crippen molar-refractivity contribution in [3.63, 3.8) is 0 Å². The van der Waals surface area contributed by atoms with Gasteiger partial charge in [0, 0.05) is 45.9 Å². The molecule has 7 nitrogen and oxygen atoms in total. The highest BCUT2D eigenvalue weighted by Gasteiger charge is 2.17. The van der Waals surface area contributed by atoms with Gasteiger partial charge in [-0.25, -0.2) is 4.98 Å². The van der Waals surface area contributed by atoms with Gasteiger partial charge in [0.25, 0.3) is 5.56 Å². The summed E-state index contributed by atoms with van der Waals surface area (Å²) in [5, 5.41) is 3.25. The molecule has 1 N–H and O–H groups in total. The smallest absolute Gasteiger partial charge is 0.294 e. The summed E-state index contributed by atoms with van der Waals surface area (Å²) in [6, 6.07) is 3.96. The van der Waals surface area contributed by atoms with Crippen molar-refractivity contribution in [2.75, 3.05) is 51.7 Å². The van der Waals surface area contributed by atoms with Crippen LogP contribution in [0.1, 0.15) is 22.9 Å². The minimum atomic E-state index is -0.215. The monoisotopic (exact) mass is 374 g/mol. The van der Waals surface area contributed by atoms with Crippen LogP contribution in [0.5, 0.6) is 0 Å². The second-order valence-electron chi connectivity index (χ2n) is 6.98. The number of rotatable bonds is 8. The van der Waals surface area contributed by atoms with Crippen LogP contribution in [0.25, 0.3) is 0 Å². The maximum atomic E-state index is 13.0. The Morgan fingerprint density at radius 2 is 1.67 bits per heavy atom. The molecule has 0 fully saturated rings. The van der Waals surface area contributed by atoms with E-state index in [1.54, 1.807) is 25.0 Å². The Kier molecular flexibility index (Phi) is 6.98. The molecular weight excluding hydrogens is 344 g/mol. The highest BCUT2D eigenvalue weighted by molar-refractivity contribution is 5.69. The molecule has 0 unspecified atom stereocenters. The minimum Gasteiger partial charge on any atom is -0.382 e. The van der Waals surface area contributed by atoms with E-state index in [4.69, 9.17) is 9.47 Å². The fraction of sp³-hybridized carbons (Fsp3) is 0.500. The first-order valence-corrected chi connectivity index (χ1v) is 8.91.